The lowest BCUT2D eigenvalue weighted by Crippen LogP contribution is -2.50. The molecular weight excluding hydrogens is 480 g/mol. The van der Waals surface area contributed by atoms with Crippen molar-refractivity contribution < 1.29 is 18.7 Å². The molecule has 1 aliphatic rings. The molecule has 2 amide bonds. The number of carbonyl (C=O) groups excluding carboxylic acids is 2. The largest absolute Gasteiger partial charge is 0.449 e. The van der Waals surface area contributed by atoms with Crippen molar-refractivity contribution in [1.29, 1.82) is 0 Å². The lowest BCUT2D eigenvalue weighted by molar-refractivity contribution is 0.0558. The van der Waals surface area contributed by atoms with E-state index in [9.17, 15) is 9.59 Å². The van der Waals surface area contributed by atoms with Crippen LogP contribution in [-0.4, -0.2) is 64.6 Å². The molecule has 0 atom stereocenters. The molecule has 4 aromatic rings. The second-order valence-electron chi connectivity index (χ2n) is 8.88. The number of hydrogen-bond acceptors (Lipinski definition) is 6. The van der Waals surface area contributed by atoms with Crippen LogP contribution in [0.4, 0.5) is 4.79 Å². The fraction of sp³-hybridized carbons (Fsp3) is 0.333. The molecule has 0 radical (unpaired) electrons. The normalized spacial score (nSPS) is 14.0. The van der Waals surface area contributed by atoms with Gasteiger partial charge in [-0.25, -0.2) is 14.8 Å². The van der Waals surface area contributed by atoms with Gasteiger partial charge in [-0.1, -0.05) is 37.1 Å². The molecule has 186 valence electrons. The average Bonchev–Trinajstić information content (AvgIpc) is 3.27. The number of nitrogens with zero attached hydrogens (tertiary/aromatic N) is 4. The molecule has 2 aromatic heterocycles. The lowest BCUT2D eigenvalue weighted by Gasteiger charge is -2.34. The summed E-state index contributed by atoms with van der Waals surface area (Å²) in [6.45, 7) is 6.07. The molecule has 0 unspecified atom stereocenters. The molecular formula is C27H27ClN4O4. The van der Waals surface area contributed by atoms with Crippen LogP contribution in [0.2, 0.25) is 5.02 Å². The number of carbonyl (C=O) groups is 2. The number of ether oxygens (including phenoxy) is 1. The molecule has 9 heteroatoms. The molecule has 1 fully saturated rings. The summed E-state index contributed by atoms with van der Waals surface area (Å²) in [4.78, 5) is 38.0. The molecule has 0 N–H and O–H groups in total. The summed E-state index contributed by atoms with van der Waals surface area (Å²) in [7, 11) is 0. The maximum Gasteiger partial charge on any atom is 0.409 e. The molecule has 0 saturated carbocycles. The Hall–Kier alpha value is -3.65. The van der Waals surface area contributed by atoms with Crippen molar-refractivity contribution in [2.24, 2.45) is 0 Å². The number of fused-ring (bicyclic) bond motifs is 2. The minimum absolute atomic E-state index is 0.0993. The minimum atomic E-state index is -0.314. The van der Waals surface area contributed by atoms with E-state index in [1.165, 1.54) is 0 Å². The van der Waals surface area contributed by atoms with Crippen LogP contribution in [0.1, 0.15) is 36.0 Å². The number of benzene rings is 2. The molecule has 1 aliphatic heterocycles. The number of hydrogen-bond donors (Lipinski definition) is 0. The van der Waals surface area contributed by atoms with Gasteiger partial charge in [0, 0.05) is 49.6 Å². The van der Waals surface area contributed by atoms with Crippen molar-refractivity contribution in [3.8, 4) is 11.3 Å². The van der Waals surface area contributed by atoms with Crippen molar-refractivity contribution in [2.75, 3.05) is 32.8 Å². The SMILES string of the molecule is CCCCOC(=O)N1CCN(C(=O)c2ccc3c(Cl)cc(-c4ccc5nc(C)oc5c4)nc3c2)CC1. The zero-order chi connectivity index (χ0) is 25.2. The second-order valence-corrected chi connectivity index (χ2v) is 9.29. The van der Waals surface area contributed by atoms with Gasteiger partial charge in [-0.2, -0.15) is 0 Å². The molecule has 8 nitrogen and oxygen atoms in total. The monoisotopic (exact) mass is 506 g/mol. The molecule has 0 aliphatic carbocycles. The molecule has 5 rings (SSSR count). The number of rotatable bonds is 5. The van der Waals surface area contributed by atoms with E-state index >= 15 is 0 Å². The van der Waals surface area contributed by atoms with Crippen LogP contribution in [0.3, 0.4) is 0 Å². The van der Waals surface area contributed by atoms with E-state index in [4.69, 9.17) is 25.7 Å². The van der Waals surface area contributed by atoms with Crippen LogP contribution < -0.4 is 0 Å². The Bertz CT molecular complexity index is 1440. The first-order valence-electron chi connectivity index (χ1n) is 12.1. The fourth-order valence-electron chi connectivity index (χ4n) is 4.34. The van der Waals surface area contributed by atoms with Crippen LogP contribution >= 0.6 is 11.6 Å². The predicted molar refractivity (Wildman–Crippen MR) is 138 cm³/mol. The summed E-state index contributed by atoms with van der Waals surface area (Å²) in [5, 5.41) is 1.33. The number of aromatic nitrogens is 2. The van der Waals surface area contributed by atoms with Gasteiger partial charge in [-0.05, 0) is 36.8 Å². The van der Waals surface area contributed by atoms with Gasteiger partial charge in [0.15, 0.2) is 11.5 Å². The van der Waals surface area contributed by atoms with E-state index in [0.29, 0.717) is 66.1 Å². The van der Waals surface area contributed by atoms with Crippen molar-refractivity contribution in [1.82, 2.24) is 19.8 Å². The average molecular weight is 507 g/mol. The summed E-state index contributed by atoms with van der Waals surface area (Å²) in [6.07, 6.45) is 1.51. The zero-order valence-electron chi connectivity index (χ0n) is 20.3. The quantitative estimate of drug-likeness (QED) is 0.323. The van der Waals surface area contributed by atoms with Crippen molar-refractivity contribution in [3.05, 3.63) is 58.9 Å². The first kappa shape index (κ1) is 24.1. The highest BCUT2D eigenvalue weighted by atomic mass is 35.5. The van der Waals surface area contributed by atoms with Gasteiger partial charge >= 0.3 is 6.09 Å². The third-order valence-corrected chi connectivity index (χ3v) is 6.66. The van der Waals surface area contributed by atoms with Gasteiger partial charge in [0.1, 0.15) is 5.52 Å². The smallest absolute Gasteiger partial charge is 0.409 e. The minimum Gasteiger partial charge on any atom is -0.449 e. The number of amides is 2. The molecule has 0 spiro atoms. The van der Waals surface area contributed by atoms with Crippen molar-refractivity contribution in [2.45, 2.75) is 26.7 Å². The van der Waals surface area contributed by atoms with Crippen LogP contribution in [0.5, 0.6) is 0 Å². The number of unbranched alkanes of at least 4 members (excludes halogenated alkanes) is 1. The first-order valence-corrected chi connectivity index (χ1v) is 12.5. The third kappa shape index (κ3) is 4.86. The van der Waals surface area contributed by atoms with E-state index in [2.05, 4.69) is 4.98 Å². The Morgan fingerprint density at radius 3 is 2.56 bits per heavy atom. The van der Waals surface area contributed by atoms with E-state index in [-0.39, 0.29) is 12.0 Å². The van der Waals surface area contributed by atoms with Crippen LogP contribution in [0, 0.1) is 6.92 Å². The highest BCUT2D eigenvalue weighted by Gasteiger charge is 2.26. The first-order chi connectivity index (χ1) is 17.4. The number of piperazine rings is 1. The molecule has 0 bridgehead atoms. The van der Waals surface area contributed by atoms with E-state index in [1.54, 1.807) is 21.9 Å². The standard InChI is InChI=1S/C27H27ClN4O4/c1-3-4-13-35-27(34)32-11-9-31(10-12-32)26(33)19-5-7-20-21(28)16-23(30-24(20)14-19)18-6-8-22-25(15-18)36-17(2)29-22/h5-8,14-16H,3-4,9-13H2,1-2H3. The van der Waals surface area contributed by atoms with Gasteiger partial charge in [-0.15, -0.1) is 0 Å². The van der Waals surface area contributed by atoms with E-state index in [0.717, 1.165) is 29.3 Å². The Kier molecular flexibility index (Phi) is 6.78. The van der Waals surface area contributed by atoms with Crippen molar-refractivity contribution >= 4 is 45.6 Å². The Labute approximate surface area is 213 Å². The van der Waals surface area contributed by atoms with E-state index in [1.807, 2.05) is 44.2 Å². The predicted octanol–water partition coefficient (Wildman–Crippen LogP) is 5.70. The summed E-state index contributed by atoms with van der Waals surface area (Å²) in [5.41, 5.74) is 4.16. The summed E-state index contributed by atoms with van der Waals surface area (Å²) in [5.74, 6) is 0.502. The maximum atomic E-state index is 13.2. The van der Waals surface area contributed by atoms with Gasteiger partial charge in [-0.3, -0.25) is 4.79 Å². The Morgan fingerprint density at radius 2 is 1.78 bits per heavy atom. The second kappa shape index (κ2) is 10.1. The topological polar surface area (TPSA) is 88.8 Å². The number of pyridine rings is 1. The van der Waals surface area contributed by atoms with Crippen molar-refractivity contribution in [3.63, 3.8) is 0 Å². The van der Waals surface area contributed by atoms with Crippen LogP contribution in [0.25, 0.3) is 33.3 Å². The van der Waals surface area contributed by atoms with Gasteiger partial charge < -0.3 is 19.0 Å². The Morgan fingerprint density at radius 1 is 1.00 bits per heavy atom. The van der Waals surface area contributed by atoms with Crippen LogP contribution in [0.15, 0.2) is 46.9 Å². The fourth-order valence-corrected chi connectivity index (χ4v) is 4.60. The maximum absolute atomic E-state index is 13.2. The number of aryl methyl sites for hydroxylation is 1. The third-order valence-electron chi connectivity index (χ3n) is 6.35. The van der Waals surface area contributed by atoms with E-state index < -0.39 is 0 Å². The molecule has 36 heavy (non-hydrogen) atoms. The van der Waals surface area contributed by atoms with Gasteiger partial charge in [0.05, 0.1) is 22.8 Å². The molecule has 1 saturated heterocycles. The molecule has 2 aromatic carbocycles. The van der Waals surface area contributed by atoms with Gasteiger partial charge in [0.25, 0.3) is 5.91 Å². The summed E-state index contributed by atoms with van der Waals surface area (Å²) in [6, 6.07) is 12.9. The highest BCUT2D eigenvalue weighted by Crippen LogP contribution is 2.31. The summed E-state index contributed by atoms with van der Waals surface area (Å²) >= 11 is 6.59. The Balaban J connectivity index is 1.34. The zero-order valence-corrected chi connectivity index (χ0v) is 21.0. The molecule has 3 heterocycles. The van der Waals surface area contributed by atoms with Crippen LogP contribution in [-0.2, 0) is 4.74 Å². The highest BCUT2D eigenvalue weighted by molar-refractivity contribution is 6.35. The van der Waals surface area contributed by atoms with Gasteiger partial charge in [0.2, 0.25) is 0 Å². The summed E-state index contributed by atoms with van der Waals surface area (Å²) < 4.78 is 10.9. The number of halogens is 1. The number of oxazole rings is 1. The lowest BCUT2D eigenvalue weighted by atomic mass is 10.1.